The number of amides is 1. The van der Waals surface area contributed by atoms with E-state index in [1.165, 1.54) is 6.07 Å². The van der Waals surface area contributed by atoms with Gasteiger partial charge >= 0.3 is 0 Å². The molecule has 0 aliphatic rings. The van der Waals surface area contributed by atoms with Crippen LogP contribution in [-0.2, 0) is 0 Å². The van der Waals surface area contributed by atoms with Crippen molar-refractivity contribution in [3.05, 3.63) is 23.7 Å². The second-order valence-corrected chi connectivity index (χ2v) is 3.15. The molecular formula is C9H12F2N2O2. The Hall–Kier alpha value is -1.43. The van der Waals surface area contributed by atoms with Crippen molar-refractivity contribution in [2.24, 2.45) is 5.73 Å². The molecule has 6 heteroatoms. The second kappa shape index (κ2) is 4.39. The number of halogens is 2. The van der Waals surface area contributed by atoms with Crippen molar-refractivity contribution in [2.45, 2.75) is 12.8 Å². The molecule has 84 valence electrons. The number of rotatable bonds is 4. The van der Waals surface area contributed by atoms with Crippen LogP contribution in [0.3, 0.4) is 0 Å². The number of hydrogen-bond acceptors (Lipinski definition) is 3. The maximum Gasteiger partial charge on any atom is 0.287 e. The number of carbonyl (C=O) groups is 1. The highest BCUT2D eigenvalue weighted by molar-refractivity contribution is 5.91. The van der Waals surface area contributed by atoms with E-state index < -0.39 is 24.9 Å². The zero-order valence-electron chi connectivity index (χ0n) is 8.22. The van der Waals surface area contributed by atoms with Crippen molar-refractivity contribution < 1.29 is 18.0 Å². The topological polar surface area (TPSA) is 68.3 Å². The van der Waals surface area contributed by atoms with E-state index in [9.17, 15) is 13.6 Å². The zero-order chi connectivity index (χ0) is 11.5. The van der Waals surface area contributed by atoms with Gasteiger partial charge in [-0.3, -0.25) is 4.79 Å². The van der Waals surface area contributed by atoms with Gasteiger partial charge in [0.1, 0.15) is 5.76 Å². The number of furan rings is 1. The van der Waals surface area contributed by atoms with E-state index in [-0.39, 0.29) is 5.76 Å². The lowest BCUT2D eigenvalue weighted by Crippen LogP contribution is -2.41. The molecule has 1 aromatic heterocycles. The molecule has 1 rings (SSSR count). The maximum atomic E-state index is 12.7. The summed E-state index contributed by atoms with van der Waals surface area (Å²) >= 11 is 0. The molecule has 0 saturated carbocycles. The van der Waals surface area contributed by atoms with Gasteiger partial charge in [-0.15, -0.1) is 0 Å². The number of hydrogen-bond donors (Lipinski definition) is 2. The highest BCUT2D eigenvalue weighted by Crippen LogP contribution is 2.10. The zero-order valence-corrected chi connectivity index (χ0v) is 8.22. The average molecular weight is 218 g/mol. The van der Waals surface area contributed by atoms with Crippen molar-refractivity contribution in [3.63, 3.8) is 0 Å². The van der Waals surface area contributed by atoms with Crippen molar-refractivity contribution in [1.82, 2.24) is 5.32 Å². The van der Waals surface area contributed by atoms with Crippen molar-refractivity contribution >= 4 is 5.91 Å². The molecule has 0 spiro atoms. The van der Waals surface area contributed by atoms with Crippen LogP contribution in [0.2, 0.25) is 0 Å². The summed E-state index contributed by atoms with van der Waals surface area (Å²) in [4.78, 5) is 11.2. The maximum absolute atomic E-state index is 12.7. The minimum Gasteiger partial charge on any atom is -0.456 e. The molecule has 0 radical (unpaired) electrons. The fourth-order valence-electron chi connectivity index (χ4n) is 0.925. The van der Waals surface area contributed by atoms with E-state index >= 15 is 0 Å². The molecule has 3 N–H and O–H groups in total. The van der Waals surface area contributed by atoms with Gasteiger partial charge < -0.3 is 15.5 Å². The Morgan fingerprint density at radius 3 is 2.73 bits per heavy atom. The first kappa shape index (κ1) is 11.6. The van der Waals surface area contributed by atoms with Gasteiger partial charge in [-0.25, -0.2) is 8.78 Å². The predicted octanol–water partition coefficient (Wildman–Crippen LogP) is 0.912. The number of nitrogens with two attached hydrogens (primary N) is 1. The number of aryl methyl sites for hydroxylation is 1. The molecule has 1 amide bonds. The Balaban J connectivity index is 2.50. The van der Waals surface area contributed by atoms with Crippen LogP contribution < -0.4 is 11.1 Å². The normalized spacial score (nSPS) is 11.5. The summed E-state index contributed by atoms with van der Waals surface area (Å²) in [6.45, 7) is 0.0673. The summed E-state index contributed by atoms with van der Waals surface area (Å²) in [7, 11) is 0. The van der Waals surface area contributed by atoms with Gasteiger partial charge in [0.15, 0.2) is 5.76 Å². The Kier molecular flexibility index (Phi) is 3.41. The van der Waals surface area contributed by atoms with E-state index in [0.717, 1.165) is 0 Å². The Morgan fingerprint density at radius 2 is 2.27 bits per heavy atom. The quantitative estimate of drug-likeness (QED) is 0.789. The second-order valence-electron chi connectivity index (χ2n) is 3.15. The van der Waals surface area contributed by atoms with Crippen LogP contribution in [0.4, 0.5) is 8.78 Å². The molecule has 15 heavy (non-hydrogen) atoms. The summed E-state index contributed by atoms with van der Waals surface area (Å²) in [6.07, 6.45) is 0. The van der Waals surface area contributed by atoms with Gasteiger partial charge in [0.05, 0.1) is 13.1 Å². The molecule has 0 aromatic carbocycles. The van der Waals surface area contributed by atoms with E-state index in [0.29, 0.717) is 5.76 Å². The summed E-state index contributed by atoms with van der Waals surface area (Å²) in [5, 5.41) is 2.04. The SMILES string of the molecule is Cc1ccc(C(=O)NCC(F)(F)CN)o1. The van der Waals surface area contributed by atoms with E-state index in [4.69, 9.17) is 10.2 Å². The molecule has 4 nitrogen and oxygen atoms in total. The average Bonchev–Trinajstić information content (AvgIpc) is 2.61. The first-order chi connectivity index (χ1) is 6.94. The van der Waals surface area contributed by atoms with E-state index in [1.807, 2.05) is 5.32 Å². The molecule has 0 fully saturated rings. The third kappa shape index (κ3) is 3.32. The van der Waals surface area contributed by atoms with Crippen molar-refractivity contribution in [2.75, 3.05) is 13.1 Å². The lowest BCUT2D eigenvalue weighted by atomic mass is 10.3. The van der Waals surface area contributed by atoms with Gasteiger partial charge in [0.25, 0.3) is 11.8 Å². The molecule has 0 aliphatic carbocycles. The van der Waals surface area contributed by atoms with Gasteiger partial charge in [-0.05, 0) is 19.1 Å². The minimum absolute atomic E-state index is 0.0142. The van der Waals surface area contributed by atoms with E-state index in [1.54, 1.807) is 13.0 Å². The molecule has 1 aromatic rings. The van der Waals surface area contributed by atoms with Crippen LogP contribution >= 0.6 is 0 Å². The van der Waals surface area contributed by atoms with Crippen molar-refractivity contribution in [1.29, 1.82) is 0 Å². The van der Waals surface area contributed by atoms with Gasteiger partial charge in [0.2, 0.25) is 0 Å². The molecule has 0 bridgehead atoms. The predicted molar refractivity (Wildman–Crippen MR) is 49.8 cm³/mol. The third-order valence-electron chi connectivity index (χ3n) is 1.77. The van der Waals surface area contributed by atoms with Crippen molar-refractivity contribution in [3.8, 4) is 0 Å². The van der Waals surface area contributed by atoms with Gasteiger partial charge in [-0.1, -0.05) is 0 Å². The van der Waals surface area contributed by atoms with Crippen LogP contribution in [0, 0.1) is 6.92 Å². The van der Waals surface area contributed by atoms with E-state index in [2.05, 4.69) is 0 Å². The summed E-state index contributed by atoms with van der Waals surface area (Å²) in [5.41, 5.74) is 4.81. The molecule has 0 unspecified atom stereocenters. The van der Waals surface area contributed by atoms with Crippen LogP contribution in [0.15, 0.2) is 16.5 Å². The number of nitrogens with one attached hydrogen (secondary N) is 1. The lowest BCUT2D eigenvalue weighted by Gasteiger charge is -2.13. The Labute approximate surface area is 85.4 Å². The molecular weight excluding hydrogens is 206 g/mol. The van der Waals surface area contributed by atoms with Crippen LogP contribution in [0.1, 0.15) is 16.3 Å². The smallest absolute Gasteiger partial charge is 0.287 e. The third-order valence-corrected chi connectivity index (χ3v) is 1.77. The van der Waals surface area contributed by atoms with Crippen LogP contribution in [-0.4, -0.2) is 24.9 Å². The van der Waals surface area contributed by atoms with Gasteiger partial charge in [0, 0.05) is 0 Å². The molecule has 0 aliphatic heterocycles. The monoisotopic (exact) mass is 218 g/mol. The first-order valence-corrected chi connectivity index (χ1v) is 4.37. The minimum atomic E-state index is -3.09. The Bertz CT molecular complexity index is 350. The van der Waals surface area contributed by atoms with Crippen LogP contribution in [0.25, 0.3) is 0 Å². The van der Waals surface area contributed by atoms with Gasteiger partial charge in [-0.2, -0.15) is 0 Å². The lowest BCUT2D eigenvalue weighted by molar-refractivity contribution is 0.0115. The number of carbonyl (C=O) groups excluding carboxylic acids is 1. The van der Waals surface area contributed by atoms with Crippen LogP contribution in [0.5, 0.6) is 0 Å². The summed E-state index contributed by atoms with van der Waals surface area (Å²) < 4.78 is 30.3. The highest BCUT2D eigenvalue weighted by atomic mass is 19.3. The fourth-order valence-corrected chi connectivity index (χ4v) is 0.925. The summed E-state index contributed by atoms with van der Waals surface area (Å²) in [5.74, 6) is -3.20. The largest absolute Gasteiger partial charge is 0.456 e. The fraction of sp³-hybridized carbons (Fsp3) is 0.444. The first-order valence-electron chi connectivity index (χ1n) is 4.37. The molecule has 0 atom stereocenters. The molecule has 1 heterocycles. The molecule has 0 saturated heterocycles. The standard InChI is InChI=1S/C9H12F2N2O2/c1-6-2-3-7(15-6)8(14)13-5-9(10,11)4-12/h2-3H,4-5,12H2,1H3,(H,13,14). The summed E-state index contributed by atoms with van der Waals surface area (Å²) in [6, 6.07) is 3.00. The Morgan fingerprint density at radius 1 is 1.60 bits per heavy atom. The number of alkyl halides is 2. The highest BCUT2D eigenvalue weighted by Gasteiger charge is 2.27.